The normalized spacial score (nSPS) is 18.2. The summed E-state index contributed by atoms with van der Waals surface area (Å²) in [5, 5.41) is 13.1. The smallest absolute Gasteiger partial charge is 0.0690 e. The maximum absolute atomic E-state index is 9.74. The van der Waals surface area contributed by atoms with Crippen LogP contribution in [-0.4, -0.2) is 23.8 Å². The third-order valence-electron chi connectivity index (χ3n) is 2.80. The molecule has 0 radical (unpaired) electrons. The quantitative estimate of drug-likeness (QED) is 0.663. The summed E-state index contributed by atoms with van der Waals surface area (Å²) in [6, 6.07) is 0.508. The standard InChI is InChI=1S/C12H27NO/c1-6-10(4)12(14)8-13-11(5)7-9(2)3/h9-14H,6-8H2,1-5H3. The summed E-state index contributed by atoms with van der Waals surface area (Å²) in [5.74, 6) is 1.12. The SMILES string of the molecule is CCC(C)C(O)CNC(C)CC(C)C. The van der Waals surface area contributed by atoms with Crippen molar-refractivity contribution in [1.82, 2.24) is 5.32 Å². The van der Waals surface area contributed by atoms with Crippen molar-refractivity contribution >= 4 is 0 Å². The summed E-state index contributed by atoms with van der Waals surface area (Å²) in [5.41, 5.74) is 0. The van der Waals surface area contributed by atoms with Crippen molar-refractivity contribution in [2.75, 3.05) is 6.54 Å². The van der Waals surface area contributed by atoms with Gasteiger partial charge in [0.25, 0.3) is 0 Å². The molecule has 14 heavy (non-hydrogen) atoms. The van der Waals surface area contributed by atoms with Crippen LogP contribution in [0.15, 0.2) is 0 Å². The fourth-order valence-corrected chi connectivity index (χ4v) is 1.59. The first kappa shape index (κ1) is 13.9. The Hall–Kier alpha value is -0.0800. The monoisotopic (exact) mass is 201 g/mol. The van der Waals surface area contributed by atoms with Gasteiger partial charge in [0.2, 0.25) is 0 Å². The van der Waals surface area contributed by atoms with E-state index in [4.69, 9.17) is 0 Å². The molecule has 0 heterocycles. The molecule has 0 rings (SSSR count). The molecule has 0 amide bonds. The van der Waals surface area contributed by atoms with Gasteiger partial charge in [-0.1, -0.05) is 34.1 Å². The van der Waals surface area contributed by atoms with E-state index in [-0.39, 0.29) is 6.10 Å². The van der Waals surface area contributed by atoms with Crippen molar-refractivity contribution in [3.8, 4) is 0 Å². The first-order chi connectivity index (χ1) is 6.47. The van der Waals surface area contributed by atoms with Crippen molar-refractivity contribution in [1.29, 1.82) is 0 Å². The second-order valence-electron chi connectivity index (χ2n) is 4.89. The van der Waals surface area contributed by atoms with Gasteiger partial charge in [0.1, 0.15) is 0 Å². The predicted molar refractivity (Wildman–Crippen MR) is 62.4 cm³/mol. The van der Waals surface area contributed by atoms with Crippen LogP contribution in [-0.2, 0) is 0 Å². The number of rotatable bonds is 7. The van der Waals surface area contributed by atoms with E-state index in [1.807, 2.05) is 0 Å². The molecule has 2 N–H and O–H groups in total. The third-order valence-corrected chi connectivity index (χ3v) is 2.80. The number of aliphatic hydroxyl groups is 1. The zero-order valence-corrected chi connectivity index (χ0v) is 10.4. The van der Waals surface area contributed by atoms with Crippen molar-refractivity contribution in [2.24, 2.45) is 11.8 Å². The highest BCUT2D eigenvalue weighted by atomic mass is 16.3. The van der Waals surface area contributed by atoms with Gasteiger partial charge in [-0.3, -0.25) is 0 Å². The molecule has 0 bridgehead atoms. The lowest BCUT2D eigenvalue weighted by Crippen LogP contribution is -2.37. The average molecular weight is 201 g/mol. The molecule has 3 unspecified atom stereocenters. The van der Waals surface area contributed by atoms with Crippen LogP contribution in [0.4, 0.5) is 0 Å². The van der Waals surface area contributed by atoms with Gasteiger partial charge in [-0.15, -0.1) is 0 Å². The van der Waals surface area contributed by atoms with Crippen molar-refractivity contribution < 1.29 is 5.11 Å². The number of hydrogen-bond acceptors (Lipinski definition) is 2. The fourth-order valence-electron chi connectivity index (χ4n) is 1.59. The maximum atomic E-state index is 9.74. The van der Waals surface area contributed by atoms with Gasteiger partial charge in [0.15, 0.2) is 0 Å². The van der Waals surface area contributed by atoms with Crippen LogP contribution in [0, 0.1) is 11.8 Å². The lowest BCUT2D eigenvalue weighted by molar-refractivity contribution is 0.109. The second kappa shape index (κ2) is 7.24. The number of nitrogens with one attached hydrogen (secondary N) is 1. The van der Waals surface area contributed by atoms with E-state index in [2.05, 4.69) is 39.9 Å². The zero-order chi connectivity index (χ0) is 11.1. The molecule has 2 heteroatoms. The van der Waals surface area contributed by atoms with Crippen LogP contribution in [0.1, 0.15) is 47.5 Å². The fraction of sp³-hybridized carbons (Fsp3) is 1.00. The van der Waals surface area contributed by atoms with Crippen molar-refractivity contribution in [3.05, 3.63) is 0 Å². The van der Waals surface area contributed by atoms with Crippen LogP contribution >= 0.6 is 0 Å². The summed E-state index contributed by atoms with van der Waals surface area (Å²) in [7, 11) is 0. The molecular weight excluding hydrogens is 174 g/mol. The maximum Gasteiger partial charge on any atom is 0.0690 e. The molecule has 0 aromatic rings. The topological polar surface area (TPSA) is 32.3 Å². The Balaban J connectivity index is 3.60. The van der Waals surface area contributed by atoms with E-state index < -0.39 is 0 Å². The Morgan fingerprint density at radius 2 is 1.71 bits per heavy atom. The number of aliphatic hydroxyl groups excluding tert-OH is 1. The van der Waals surface area contributed by atoms with Gasteiger partial charge in [0, 0.05) is 12.6 Å². The highest BCUT2D eigenvalue weighted by Crippen LogP contribution is 2.08. The minimum atomic E-state index is -0.199. The Morgan fingerprint density at radius 3 is 2.14 bits per heavy atom. The molecule has 3 atom stereocenters. The average Bonchev–Trinajstić information content (AvgIpc) is 2.11. The summed E-state index contributed by atoms with van der Waals surface area (Å²) < 4.78 is 0. The van der Waals surface area contributed by atoms with Gasteiger partial charge in [0.05, 0.1) is 6.10 Å². The van der Waals surface area contributed by atoms with E-state index in [1.54, 1.807) is 0 Å². The summed E-state index contributed by atoms with van der Waals surface area (Å²) in [6.45, 7) is 11.6. The Labute approximate surface area is 89.1 Å². The van der Waals surface area contributed by atoms with Gasteiger partial charge in [-0.2, -0.15) is 0 Å². The minimum absolute atomic E-state index is 0.199. The van der Waals surface area contributed by atoms with Crippen LogP contribution in [0.2, 0.25) is 0 Å². The Bertz CT molecular complexity index is 136. The molecule has 0 fully saturated rings. The lowest BCUT2D eigenvalue weighted by Gasteiger charge is -2.21. The Morgan fingerprint density at radius 1 is 1.14 bits per heavy atom. The summed E-state index contributed by atoms with van der Waals surface area (Å²) >= 11 is 0. The van der Waals surface area contributed by atoms with Gasteiger partial charge >= 0.3 is 0 Å². The summed E-state index contributed by atoms with van der Waals surface area (Å²) in [4.78, 5) is 0. The molecule has 0 spiro atoms. The first-order valence-corrected chi connectivity index (χ1v) is 5.88. The van der Waals surface area contributed by atoms with Crippen LogP contribution < -0.4 is 5.32 Å². The van der Waals surface area contributed by atoms with E-state index in [0.29, 0.717) is 12.0 Å². The van der Waals surface area contributed by atoms with Gasteiger partial charge < -0.3 is 10.4 Å². The summed E-state index contributed by atoms with van der Waals surface area (Å²) in [6.07, 6.45) is 2.02. The third kappa shape index (κ3) is 6.39. The molecule has 0 aromatic carbocycles. The molecular formula is C12H27NO. The highest BCUT2D eigenvalue weighted by molar-refractivity contribution is 4.69. The molecule has 0 saturated heterocycles. The lowest BCUT2D eigenvalue weighted by atomic mass is 10.0. The Kier molecular flexibility index (Phi) is 7.20. The molecule has 0 aliphatic carbocycles. The first-order valence-electron chi connectivity index (χ1n) is 5.88. The van der Waals surface area contributed by atoms with E-state index >= 15 is 0 Å². The molecule has 2 nitrogen and oxygen atoms in total. The number of hydrogen-bond donors (Lipinski definition) is 2. The minimum Gasteiger partial charge on any atom is -0.392 e. The van der Waals surface area contributed by atoms with Crippen molar-refractivity contribution in [2.45, 2.75) is 59.6 Å². The molecule has 0 aromatic heterocycles. The van der Waals surface area contributed by atoms with Gasteiger partial charge in [-0.05, 0) is 25.2 Å². The van der Waals surface area contributed by atoms with Crippen molar-refractivity contribution in [3.63, 3.8) is 0 Å². The van der Waals surface area contributed by atoms with Crippen LogP contribution in [0.25, 0.3) is 0 Å². The van der Waals surface area contributed by atoms with E-state index in [0.717, 1.165) is 18.9 Å². The molecule has 0 aliphatic rings. The van der Waals surface area contributed by atoms with E-state index in [9.17, 15) is 5.11 Å². The van der Waals surface area contributed by atoms with Crippen LogP contribution in [0.5, 0.6) is 0 Å². The van der Waals surface area contributed by atoms with E-state index in [1.165, 1.54) is 6.42 Å². The highest BCUT2D eigenvalue weighted by Gasteiger charge is 2.13. The predicted octanol–water partition coefficient (Wildman–Crippen LogP) is 2.42. The zero-order valence-electron chi connectivity index (χ0n) is 10.4. The van der Waals surface area contributed by atoms with Crippen LogP contribution in [0.3, 0.4) is 0 Å². The largest absolute Gasteiger partial charge is 0.392 e. The van der Waals surface area contributed by atoms with Gasteiger partial charge in [-0.25, -0.2) is 0 Å². The molecule has 0 aliphatic heterocycles. The second-order valence-corrected chi connectivity index (χ2v) is 4.89. The molecule has 0 saturated carbocycles. The molecule has 86 valence electrons.